The van der Waals surface area contributed by atoms with Gasteiger partial charge in [0.2, 0.25) is 0 Å². The number of hydrogen-bond acceptors (Lipinski definition) is 2. The first kappa shape index (κ1) is 22.8. The van der Waals surface area contributed by atoms with Gasteiger partial charge in [-0.3, -0.25) is 0 Å². The van der Waals surface area contributed by atoms with E-state index in [0.717, 1.165) is 0 Å². The lowest BCUT2D eigenvalue weighted by atomic mass is 9.87. The first-order valence-electron chi connectivity index (χ1n) is 11.3. The van der Waals surface area contributed by atoms with Crippen LogP contribution in [0.25, 0.3) is 0 Å². The highest BCUT2D eigenvalue weighted by Crippen LogP contribution is 2.42. The Bertz CT molecular complexity index is 791. The Morgan fingerprint density at radius 1 is 0.567 bits per heavy atom. The maximum absolute atomic E-state index is 7.21. The Hall–Kier alpha value is -1.87. The lowest BCUT2D eigenvalue weighted by Crippen LogP contribution is -2.41. The third-order valence-corrected chi connectivity index (χ3v) is 6.47. The molecule has 160 valence electrons. The van der Waals surface area contributed by atoms with Crippen molar-refractivity contribution in [2.45, 2.75) is 79.1 Å². The second kappa shape index (κ2) is 9.10. The maximum Gasteiger partial charge on any atom is 0.494 e. The highest BCUT2D eigenvalue weighted by Gasteiger charge is 2.37. The highest BCUT2D eigenvalue weighted by atomic mass is 35.5. The van der Waals surface area contributed by atoms with Crippen LogP contribution in [-0.4, -0.2) is 6.40 Å². The summed E-state index contributed by atoms with van der Waals surface area (Å²) in [6, 6.07) is 13.3. The molecule has 0 amide bonds. The molecule has 0 radical (unpaired) electrons. The fourth-order valence-electron chi connectivity index (χ4n) is 4.40. The predicted octanol–water partition coefficient (Wildman–Crippen LogP) is 8.20. The molecule has 0 N–H and O–H groups in total. The predicted molar refractivity (Wildman–Crippen MR) is 135 cm³/mol. The molecule has 2 nitrogen and oxygen atoms in total. The molecule has 0 fully saturated rings. The van der Waals surface area contributed by atoms with Gasteiger partial charge in [-0.1, -0.05) is 91.8 Å². The third-order valence-electron chi connectivity index (χ3n) is 6.05. The highest BCUT2D eigenvalue weighted by molar-refractivity contribution is 7.11. The molecule has 2 aromatic rings. The lowest BCUT2D eigenvalue weighted by Gasteiger charge is -2.32. The van der Waals surface area contributed by atoms with E-state index < -0.39 is 0 Å². The van der Waals surface area contributed by atoms with Crippen LogP contribution in [0.4, 0.5) is 11.4 Å². The van der Waals surface area contributed by atoms with Crippen LogP contribution in [0.1, 0.15) is 101 Å². The van der Waals surface area contributed by atoms with Crippen LogP contribution >= 0.6 is 11.5 Å². The molecular formula is C26H36BClN2. The first-order valence-corrected chi connectivity index (χ1v) is 11.7. The second-order valence-corrected chi connectivity index (χ2v) is 10.0. The van der Waals surface area contributed by atoms with E-state index in [4.69, 9.17) is 11.5 Å². The molecule has 0 unspecified atom stereocenters. The van der Waals surface area contributed by atoms with Gasteiger partial charge >= 0.3 is 6.40 Å². The molecule has 2 aromatic carbocycles. The summed E-state index contributed by atoms with van der Waals surface area (Å²) < 4.78 is 0. The van der Waals surface area contributed by atoms with Crippen LogP contribution in [0.15, 0.2) is 48.8 Å². The Morgan fingerprint density at radius 2 is 0.833 bits per heavy atom. The molecule has 0 aromatic heterocycles. The van der Waals surface area contributed by atoms with E-state index in [0.29, 0.717) is 23.7 Å². The fraction of sp³-hybridized carbons (Fsp3) is 0.462. The number of benzene rings is 2. The molecule has 0 saturated heterocycles. The van der Waals surface area contributed by atoms with Crippen molar-refractivity contribution in [2.75, 3.05) is 9.62 Å². The van der Waals surface area contributed by atoms with E-state index in [9.17, 15) is 0 Å². The normalized spacial score (nSPS) is 14.4. The molecule has 4 heteroatoms. The molecule has 30 heavy (non-hydrogen) atoms. The lowest BCUT2D eigenvalue weighted by molar-refractivity contribution is 0.832. The summed E-state index contributed by atoms with van der Waals surface area (Å²) in [4.78, 5) is 4.51. The van der Waals surface area contributed by atoms with E-state index in [1.165, 1.54) is 33.6 Å². The van der Waals surface area contributed by atoms with Gasteiger partial charge in [-0.2, -0.15) is 0 Å². The topological polar surface area (TPSA) is 6.48 Å². The molecule has 0 spiro atoms. The van der Waals surface area contributed by atoms with Crippen molar-refractivity contribution in [1.82, 2.24) is 0 Å². The Balaban J connectivity index is 2.12. The van der Waals surface area contributed by atoms with Crippen molar-refractivity contribution < 1.29 is 0 Å². The SMILES string of the molecule is CC(C)c1cccc(C(C)C)c1N1C=CN(c2c(C(C)C)cccc2C(C)C)B1Cl. The molecule has 0 saturated carbocycles. The zero-order valence-electron chi connectivity index (χ0n) is 19.8. The van der Waals surface area contributed by atoms with E-state index >= 15 is 0 Å². The van der Waals surface area contributed by atoms with E-state index in [1.807, 2.05) is 0 Å². The van der Waals surface area contributed by atoms with Crippen molar-refractivity contribution in [3.8, 4) is 0 Å². The van der Waals surface area contributed by atoms with Crippen LogP contribution in [0.3, 0.4) is 0 Å². The van der Waals surface area contributed by atoms with Gasteiger partial charge in [0, 0.05) is 23.8 Å². The number of hydrogen-bond donors (Lipinski definition) is 0. The van der Waals surface area contributed by atoms with Crippen LogP contribution in [0.2, 0.25) is 0 Å². The van der Waals surface area contributed by atoms with Gasteiger partial charge < -0.3 is 9.62 Å². The number of halogens is 1. The first-order chi connectivity index (χ1) is 14.1. The van der Waals surface area contributed by atoms with Gasteiger partial charge in [0.25, 0.3) is 0 Å². The van der Waals surface area contributed by atoms with Gasteiger partial charge in [-0.15, -0.1) is 11.5 Å². The van der Waals surface area contributed by atoms with Crippen LogP contribution in [0, 0.1) is 0 Å². The minimum atomic E-state index is -0.292. The summed E-state index contributed by atoms with van der Waals surface area (Å²) in [5.41, 5.74) is 7.90. The molecule has 0 bridgehead atoms. The zero-order valence-corrected chi connectivity index (χ0v) is 20.5. The minimum absolute atomic E-state index is 0.292. The molecule has 3 rings (SSSR count). The standard InChI is InChI=1S/C26H36BClN2/c1-17(2)21-11-9-12-22(18(3)4)25(21)29-15-16-30(27(29)28)26-23(19(5)6)13-10-14-24(26)20(7)8/h9-20H,1-8H3. The Morgan fingerprint density at radius 3 is 1.07 bits per heavy atom. The summed E-state index contributed by atoms with van der Waals surface area (Å²) >= 11 is 7.21. The Kier molecular flexibility index (Phi) is 6.92. The molecule has 0 aliphatic carbocycles. The molecule has 1 aliphatic heterocycles. The van der Waals surface area contributed by atoms with Gasteiger partial charge in [0.1, 0.15) is 0 Å². The average Bonchev–Trinajstić information content (AvgIpc) is 3.07. The smallest absolute Gasteiger partial charge is 0.356 e. The van der Waals surface area contributed by atoms with Crippen LogP contribution < -0.4 is 9.62 Å². The largest absolute Gasteiger partial charge is 0.494 e. The molecular weight excluding hydrogens is 387 g/mol. The van der Waals surface area contributed by atoms with Crippen molar-refractivity contribution in [1.29, 1.82) is 0 Å². The number of nitrogens with zero attached hydrogens (tertiary/aromatic N) is 2. The van der Waals surface area contributed by atoms with Crippen LogP contribution in [0.5, 0.6) is 0 Å². The maximum atomic E-state index is 7.21. The quantitative estimate of drug-likeness (QED) is 0.433. The third kappa shape index (κ3) is 4.14. The van der Waals surface area contributed by atoms with Crippen molar-refractivity contribution in [3.05, 3.63) is 71.1 Å². The van der Waals surface area contributed by atoms with Gasteiger partial charge in [-0.25, -0.2) is 0 Å². The monoisotopic (exact) mass is 422 g/mol. The average molecular weight is 423 g/mol. The summed E-state index contributed by atoms with van der Waals surface area (Å²) in [7, 11) is 0. The Labute approximate surface area is 189 Å². The summed E-state index contributed by atoms with van der Waals surface area (Å²) in [5.74, 6) is 1.72. The van der Waals surface area contributed by atoms with Crippen LogP contribution in [-0.2, 0) is 0 Å². The summed E-state index contributed by atoms with van der Waals surface area (Å²) in [6.07, 6.45) is 4.03. The van der Waals surface area contributed by atoms with Crippen molar-refractivity contribution >= 4 is 29.2 Å². The molecule has 1 heterocycles. The van der Waals surface area contributed by atoms with Crippen molar-refractivity contribution in [3.63, 3.8) is 0 Å². The fourth-order valence-corrected chi connectivity index (χ4v) is 4.73. The van der Waals surface area contributed by atoms with Gasteiger partial charge in [0.15, 0.2) is 0 Å². The van der Waals surface area contributed by atoms with E-state index in [2.05, 4.69) is 114 Å². The second-order valence-electron chi connectivity index (χ2n) is 9.61. The molecule has 0 atom stereocenters. The van der Waals surface area contributed by atoms with Gasteiger partial charge in [0.05, 0.1) is 0 Å². The number of anilines is 2. The van der Waals surface area contributed by atoms with E-state index in [-0.39, 0.29) is 6.40 Å². The summed E-state index contributed by atoms with van der Waals surface area (Å²) in [5, 5.41) is 0. The summed E-state index contributed by atoms with van der Waals surface area (Å²) in [6.45, 7) is 18.1. The molecule has 1 aliphatic rings. The van der Waals surface area contributed by atoms with Gasteiger partial charge in [-0.05, 0) is 45.9 Å². The minimum Gasteiger partial charge on any atom is -0.356 e. The zero-order chi connectivity index (χ0) is 22.2. The van der Waals surface area contributed by atoms with Crippen molar-refractivity contribution in [2.24, 2.45) is 0 Å². The number of para-hydroxylation sites is 2. The number of rotatable bonds is 6. The van der Waals surface area contributed by atoms with E-state index in [1.54, 1.807) is 0 Å².